The standard InChI is InChI=1S/C9H13NO2.C7H8O2.4C2H6/c1-10-6-7-3-4-8(11)9(5-7)12-2;1-9-7-4-2-6(8)3-5-7;4*1-2/h3-5,10-11H,6H2,1-2H3;2-5,8H,1H3;4*1-2H3. The number of ether oxygens (including phenoxy) is 2. The highest BCUT2D eigenvalue weighted by atomic mass is 16.5. The number of hydrogen-bond acceptors (Lipinski definition) is 5. The van der Waals surface area contributed by atoms with E-state index in [1.165, 1.54) is 7.11 Å². The first-order valence-electron chi connectivity index (χ1n) is 10.4. The Bertz CT molecular complexity index is 543. The summed E-state index contributed by atoms with van der Waals surface area (Å²) >= 11 is 0. The van der Waals surface area contributed by atoms with Crippen molar-refractivity contribution >= 4 is 0 Å². The molecule has 0 amide bonds. The summed E-state index contributed by atoms with van der Waals surface area (Å²) in [7, 11) is 5.00. The average Bonchev–Trinajstić information content (AvgIpc) is 2.81. The number of phenolic OH excluding ortho intramolecular Hbond substituents is 2. The first-order chi connectivity index (χ1) is 14.1. The Hall–Kier alpha value is -2.40. The highest BCUT2D eigenvalue weighted by Crippen LogP contribution is 2.25. The summed E-state index contributed by atoms with van der Waals surface area (Å²) in [5.41, 5.74) is 1.09. The molecule has 2 rings (SSSR count). The van der Waals surface area contributed by atoms with Crippen molar-refractivity contribution in [3.63, 3.8) is 0 Å². The monoisotopic (exact) mass is 411 g/mol. The molecule has 0 unspecified atom stereocenters. The van der Waals surface area contributed by atoms with Crippen LogP contribution in [-0.2, 0) is 6.54 Å². The molecule has 170 valence electrons. The van der Waals surface area contributed by atoms with E-state index in [1.807, 2.05) is 74.6 Å². The number of phenols is 2. The molecule has 0 bridgehead atoms. The van der Waals surface area contributed by atoms with Crippen LogP contribution < -0.4 is 14.8 Å². The molecule has 5 heteroatoms. The second kappa shape index (κ2) is 27.8. The summed E-state index contributed by atoms with van der Waals surface area (Å²) < 4.78 is 9.81. The van der Waals surface area contributed by atoms with Crippen molar-refractivity contribution in [2.24, 2.45) is 0 Å². The molecule has 0 spiro atoms. The predicted molar refractivity (Wildman–Crippen MR) is 127 cm³/mol. The van der Waals surface area contributed by atoms with Gasteiger partial charge in [0.25, 0.3) is 0 Å². The van der Waals surface area contributed by atoms with Crippen molar-refractivity contribution in [1.29, 1.82) is 0 Å². The molecule has 0 atom stereocenters. The maximum absolute atomic E-state index is 9.26. The van der Waals surface area contributed by atoms with E-state index in [-0.39, 0.29) is 11.5 Å². The maximum Gasteiger partial charge on any atom is 0.160 e. The van der Waals surface area contributed by atoms with Crippen LogP contribution in [0.2, 0.25) is 0 Å². The fraction of sp³-hybridized carbons (Fsp3) is 0.500. The van der Waals surface area contributed by atoms with Gasteiger partial charge in [-0.05, 0) is 49.0 Å². The minimum atomic E-state index is 0.178. The molecule has 0 saturated carbocycles. The van der Waals surface area contributed by atoms with Gasteiger partial charge in [0.15, 0.2) is 11.5 Å². The van der Waals surface area contributed by atoms with E-state index >= 15 is 0 Å². The average molecular weight is 412 g/mol. The minimum Gasteiger partial charge on any atom is -0.508 e. The molecule has 0 radical (unpaired) electrons. The first kappa shape index (κ1) is 34.1. The number of rotatable bonds is 4. The van der Waals surface area contributed by atoms with Gasteiger partial charge in [-0.3, -0.25) is 0 Å². The van der Waals surface area contributed by atoms with Crippen molar-refractivity contribution in [2.75, 3.05) is 21.3 Å². The van der Waals surface area contributed by atoms with Gasteiger partial charge in [0.2, 0.25) is 0 Å². The Morgan fingerprint density at radius 3 is 1.59 bits per heavy atom. The Morgan fingerprint density at radius 1 is 0.724 bits per heavy atom. The molecule has 2 aromatic rings. The molecule has 0 heterocycles. The number of aromatic hydroxyl groups is 2. The normalized spacial score (nSPS) is 7.69. The van der Waals surface area contributed by atoms with Gasteiger partial charge in [0, 0.05) is 6.54 Å². The minimum absolute atomic E-state index is 0.178. The SMILES string of the molecule is CC.CC.CC.CC.CNCc1ccc(O)c(OC)c1.COc1ccc(O)cc1. The van der Waals surface area contributed by atoms with Crippen LogP contribution in [-0.4, -0.2) is 31.5 Å². The van der Waals surface area contributed by atoms with E-state index in [2.05, 4.69) is 5.32 Å². The molecular formula is C24H45NO4. The smallest absolute Gasteiger partial charge is 0.160 e. The molecule has 3 N–H and O–H groups in total. The van der Waals surface area contributed by atoms with E-state index in [0.717, 1.165) is 17.9 Å². The molecule has 0 saturated heterocycles. The predicted octanol–water partition coefficient (Wildman–Crippen LogP) is 6.63. The maximum atomic E-state index is 9.26. The fourth-order valence-electron chi connectivity index (χ4n) is 1.62. The molecule has 5 nitrogen and oxygen atoms in total. The first-order valence-corrected chi connectivity index (χ1v) is 10.4. The molecular weight excluding hydrogens is 366 g/mol. The number of methoxy groups -OCH3 is 2. The summed E-state index contributed by atoms with van der Waals surface area (Å²) in [6.45, 7) is 16.8. The third-order valence-electron chi connectivity index (χ3n) is 2.70. The largest absolute Gasteiger partial charge is 0.508 e. The summed E-state index contributed by atoms with van der Waals surface area (Å²) in [5.74, 6) is 1.71. The van der Waals surface area contributed by atoms with Crippen molar-refractivity contribution in [3.8, 4) is 23.0 Å². The third-order valence-corrected chi connectivity index (χ3v) is 2.70. The Kier molecular flexibility index (Phi) is 32.7. The highest BCUT2D eigenvalue weighted by molar-refractivity contribution is 5.41. The van der Waals surface area contributed by atoms with Crippen LogP contribution in [0.25, 0.3) is 0 Å². The topological polar surface area (TPSA) is 71.0 Å². The zero-order chi connectivity index (χ0) is 23.7. The van der Waals surface area contributed by atoms with E-state index < -0.39 is 0 Å². The van der Waals surface area contributed by atoms with Crippen LogP contribution in [0.5, 0.6) is 23.0 Å². The van der Waals surface area contributed by atoms with Crippen molar-refractivity contribution < 1.29 is 19.7 Å². The molecule has 0 aliphatic heterocycles. The summed E-state index contributed by atoms with van der Waals surface area (Å²) in [4.78, 5) is 0. The van der Waals surface area contributed by atoms with Gasteiger partial charge >= 0.3 is 0 Å². The van der Waals surface area contributed by atoms with E-state index in [1.54, 1.807) is 37.4 Å². The van der Waals surface area contributed by atoms with Crippen molar-refractivity contribution in [3.05, 3.63) is 48.0 Å². The van der Waals surface area contributed by atoms with Crippen LogP contribution in [0, 0.1) is 0 Å². The van der Waals surface area contributed by atoms with Gasteiger partial charge in [0.05, 0.1) is 14.2 Å². The quantitative estimate of drug-likeness (QED) is 0.527. The molecule has 0 aromatic heterocycles. The van der Waals surface area contributed by atoms with Gasteiger partial charge in [-0.15, -0.1) is 0 Å². The summed E-state index contributed by atoms with van der Waals surface area (Å²) in [6, 6.07) is 11.9. The van der Waals surface area contributed by atoms with E-state index in [4.69, 9.17) is 14.6 Å². The summed E-state index contributed by atoms with van der Waals surface area (Å²) in [5, 5.41) is 21.1. The molecule has 29 heavy (non-hydrogen) atoms. The van der Waals surface area contributed by atoms with Crippen LogP contribution in [0.3, 0.4) is 0 Å². The van der Waals surface area contributed by atoms with Gasteiger partial charge in [-0.1, -0.05) is 61.5 Å². The second-order valence-corrected chi connectivity index (χ2v) is 4.23. The van der Waals surface area contributed by atoms with Crippen molar-refractivity contribution in [1.82, 2.24) is 5.32 Å². The number of benzene rings is 2. The zero-order valence-corrected chi connectivity index (χ0v) is 20.5. The Labute approximate surface area is 179 Å². The number of nitrogens with one attached hydrogen (secondary N) is 1. The summed E-state index contributed by atoms with van der Waals surface area (Å²) in [6.07, 6.45) is 0. The van der Waals surface area contributed by atoms with Gasteiger partial charge in [-0.2, -0.15) is 0 Å². The van der Waals surface area contributed by atoms with Gasteiger partial charge < -0.3 is 25.0 Å². The van der Waals surface area contributed by atoms with E-state index in [9.17, 15) is 5.11 Å². The lowest BCUT2D eigenvalue weighted by Crippen LogP contribution is -2.04. The lowest BCUT2D eigenvalue weighted by atomic mass is 10.2. The van der Waals surface area contributed by atoms with Crippen molar-refractivity contribution in [2.45, 2.75) is 61.9 Å². The van der Waals surface area contributed by atoms with Gasteiger partial charge in [-0.25, -0.2) is 0 Å². The Balaban J connectivity index is -0.000000163. The lowest BCUT2D eigenvalue weighted by Gasteiger charge is -2.05. The highest BCUT2D eigenvalue weighted by Gasteiger charge is 2.00. The van der Waals surface area contributed by atoms with Crippen LogP contribution in [0.1, 0.15) is 61.0 Å². The number of hydrogen-bond donors (Lipinski definition) is 3. The molecule has 0 aliphatic carbocycles. The van der Waals surface area contributed by atoms with Crippen LogP contribution >= 0.6 is 0 Å². The molecule has 0 aliphatic rings. The molecule has 0 fully saturated rings. The van der Waals surface area contributed by atoms with Gasteiger partial charge in [0.1, 0.15) is 11.5 Å². The fourth-order valence-corrected chi connectivity index (χ4v) is 1.62. The third kappa shape index (κ3) is 18.7. The second-order valence-electron chi connectivity index (χ2n) is 4.23. The van der Waals surface area contributed by atoms with Crippen LogP contribution in [0.15, 0.2) is 42.5 Å². The molecule has 2 aromatic carbocycles. The Morgan fingerprint density at radius 2 is 1.21 bits per heavy atom. The van der Waals surface area contributed by atoms with Crippen LogP contribution in [0.4, 0.5) is 0 Å². The van der Waals surface area contributed by atoms with E-state index in [0.29, 0.717) is 5.75 Å². The lowest BCUT2D eigenvalue weighted by molar-refractivity contribution is 0.373. The zero-order valence-electron chi connectivity index (χ0n) is 20.5.